The lowest BCUT2D eigenvalue weighted by molar-refractivity contribution is -0.142. The smallest absolute Gasteiger partial charge is 0.366 e. The van der Waals surface area contributed by atoms with Gasteiger partial charge in [-0.2, -0.15) is 18.3 Å². The topological polar surface area (TPSA) is 93.2 Å². The second kappa shape index (κ2) is 8.23. The van der Waals surface area contributed by atoms with Crippen LogP contribution in [0, 0.1) is 12.3 Å². The van der Waals surface area contributed by atoms with Crippen molar-refractivity contribution in [2.75, 3.05) is 31.1 Å². The molecule has 11 heteroatoms. The lowest BCUT2D eigenvalue weighted by Crippen LogP contribution is -2.31. The van der Waals surface area contributed by atoms with Crippen molar-refractivity contribution in [3.8, 4) is 0 Å². The molecule has 2 fully saturated rings. The first-order valence-corrected chi connectivity index (χ1v) is 11.2. The largest absolute Gasteiger partial charge is 0.408 e. The van der Waals surface area contributed by atoms with Gasteiger partial charge in [-0.3, -0.25) is 14.4 Å². The molecule has 1 aromatic carbocycles. The molecular weight excluding hydrogens is 447 g/mol. The quantitative estimate of drug-likeness (QED) is 0.613. The molecule has 0 saturated carbocycles. The molecule has 2 aromatic heterocycles. The summed E-state index contributed by atoms with van der Waals surface area (Å²) in [6.45, 7) is 4.85. The van der Waals surface area contributed by atoms with E-state index in [0.717, 1.165) is 55.8 Å². The van der Waals surface area contributed by atoms with Crippen LogP contribution in [0.15, 0.2) is 30.5 Å². The molecular formula is C23H26F3N7O. The van der Waals surface area contributed by atoms with Gasteiger partial charge in [0.05, 0.1) is 5.39 Å². The molecule has 2 saturated heterocycles. The summed E-state index contributed by atoms with van der Waals surface area (Å²) in [4.78, 5) is 24.7. The minimum absolute atomic E-state index is 0.111. The SMILES string of the molecule is Cc1nc(N2CCC3(CCN(Cc4ccc(C(N)=O)cc4)C3)C2)c2cn(CC(F)(F)F)nc2n1. The molecule has 1 atom stereocenters. The highest BCUT2D eigenvalue weighted by Gasteiger charge is 2.44. The molecule has 3 aromatic rings. The van der Waals surface area contributed by atoms with E-state index in [0.29, 0.717) is 28.2 Å². The van der Waals surface area contributed by atoms with Crippen LogP contribution >= 0.6 is 0 Å². The fourth-order valence-corrected chi connectivity index (χ4v) is 5.19. The van der Waals surface area contributed by atoms with Gasteiger partial charge in [-0.1, -0.05) is 12.1 Å². The third kappa shape index (κ3) is 4.56. The van der Waals surface area contributed by atoms with Gasteiger partial charge in [-0.05, 0) is 44.0 Å². The number of nitrogens with zero attached hydrogens (tertiary/aromatic N) is 6. The number of benzene rings is 1. The number of fused-ring (bicyclic) bond motifs is 1. The third-order valence-corrected chi connectivity index (χ3v) is 6.76. The number of hydrogen-bond acceptors (Lipinski definition) is 6. The number of hydrogen-bond donors (Lipinski definition) is 1. The highest BCUT2D eigenvalue weighted by atomic mass is 19.4. The number of nitrogens with two attached hydrogens (primary N) is 1. The van der Waals surface area contributed by atoms with Crippen LogP contribution in [0.1, 0.15) is 34.6 Å². The maximum Gasteiger partial charge on any atom is 0.408 e. The van der Waals surface area contributed by atoms with Crippen molar-refractivity contribution < 1.29 is 18.0 Å². The molecule has 4 heterocycles. The number of amides is 1. The first-order chi connectivity index (χ1) is 16.1. The zero-order valence-corrected chi connectivity index (χ0v) is 18.8. The van der Waals surface area contributed by atoms with Crippen LogP contribution in [0.4, 0.5) is 19.0 Å². The molecule has 180 valence electrons. The van der Waals surface area contributed by atoms with Crippen molar-refractivity contribution in [3.05, 3.63) is 47.4 Å². The van der Waals surface area contributed by atoms with Crippen molar-refractivity contribution >= 4 is 22.8 Å². The Labute approximate surface area is 194 Å². The van der Waals surface area contributed by atoms with Crippen molar-refractivity contribution in [2.24, 2.45) is 11.1 Å². The summed E-state index contributed by atoms with van der Waals surface area (Å²) in [6, 6.07) is 7.38. The minimum atomic E-state index is -4.35. The summed E-state index contributed by atoms with van der Waals surface area (Å²) >= 11 is 0. The van der Waals surface area contributed by atoms with Gasteiger partial charge < -0.3 is 10.6 Å². The summed E-state index contributed by atoms with van der Waals surface area (Å²) in [5.41, 5.74) is 7.35. The molecule has 1 amide bonds. The summed E-state index contributed by atoms with van der Waals surface area (Å²) in [5.74, 6) is 0.720. The van der Waals surface area contributed by atoms with Crippen LogP contribution in [0.5, 0.6) is 0 Å². The summed E-state index contributed by atoms with van der Waals surface area (Å²) in [6.07, 6.45) is -0.913. The Kier molecular flexibility index (Phi) is 5.46. The van der Waals surface area contributed by atoms with E-state index in [1.165, 1.54) is 6.20 Å². The molecule has 2 N–H and O–H groups in total. The Bertz CT molecular complexity index is 1220. The maximum atomic E-state index is 12.9. The first kappa shape index (κ1) is 22.6. The molecule has 2 aliphatic rings. The highest BCUT2D eigenvalue weighted by Crippen LogP contribution is 2.42. The normalized spacial score (nSPS) is 21.2. The van der Waals surface area contributed by atoms with Crippen LogP contribution in [0.2, 0.25) is 0 Å². The van der Waals surface area contributed by atoms with Gasteiger partial charge in [0, 0.05) is 43.4 Å². The lowest BCUT2D eigenvalue weighted by atomic mass is 9.86. The fraction of sp³-hybridized carbons (Fsp3) is 0.478. The van der Waals surface area contributed by atoms with Crippen LogP contribution in [0.25, 0.3) is 11.0 Å². The minimum Gasteiger partial charge on any atom is -0.366 e. The molecule has 34 heavy (non-hydrogen) atoms. The number of alkyl halides is 3. The highest BCUT2D eigenvalue weighted by molar-refractivity contribution is 5.92. The predicted molar refractivity (Wildman–Crippen MR) is 120 cm³/mol. The predicted octanol–water partition coefficient (Wildman–Crippen LogP) is 2.90. The molecule has 1 unspecified atom stereocenters. The standard InChI is InChI=1S/C23H26F3N7O/c1-15-28-20-18(11-33(30-20)14-23(24,25)26)21(29-15)32-9-7-22(13-32)6-8-31(12-22)10-16-2-4-17(5-3-16)19(27)34/h2-5,11H,6-10,12-14H2,1H3,(H2,27,34). The second-order valence-electron chi connectivity index (χ2n) is 9.47. The van der Waals surface area contributed by atoms with Gasteiger partial charge in [-0.15, -0.1) is 0 Å². The number of rotatable bonds is 5. The van der Waals surface area contributed by atoms with E-state index in [4.69, 9.17) is 5.73 Å². The number of primary amides is 1. The van der Waals surface area contributed by atoms with E-state index in [-0.39, 0.29) is 5.41 Å². The van der Waals surface area contributed by atoms with Gasteiger partial charge in [0.15, 0.2) is 5.65 Å². The van der Waals surface area contributed by atoms with Crippen molar-refractivity contribution in [1.82, 2.24) is 24.6 Å². The number of aromatic nitrogens is 4. The molecule has 0 aliphatic carbocycles. The number of likely N-dealkylation sites (tertiary alicyclic amines) is 1. The Hall–Kier alpha value is -3.21. The van der Waals surface area contributed by atoms with Crippen LogP contribution in [-0.4, -0.2) is 62.9 Å². The number of aryl methyl sites for hydroxylation is 1. The van der Waals surface area contributed by atoms with Gasteiger partial charge in [0.1, 0.15) is 18.2 Å². The molecule has 2 aliphatic heterocycles. The average Bonchev–Trinajstić information content (AvgIpc) is 3.45. The zero-order chi connectivity index (χ0) is 24.1. The van der Waals surface area contributed by atoms with Gasteiger partial charge in [-0.25, -0.2) is 9.97 Å². The summed E-state index contributed by atoms with van der Waals surface area (Å²) in [5, 5.41) is 4.59. The van der Waals surface area contributed by atoms with Gasteiger partial charge in [0.2, 0.25) is 5.91 Å². The first-order valence-electron chi connectivity index (χ1n) is 11.2. The summed E-state index contributed by atoms with van der Waals surface area (Å²) < 4.78 is 39.5. The van der Waals surface area contributed by atoms with E-state index in [1.54, 1.807) is 19.1 Å². The molecule has 8 nitrogen and oxygen atoms in total. The Morgan fingerprint density at radius 3 is 2.56 bits per heavy atom. The van der Waals surface area contributed by atoms with Crippen molar-refractivity contribution in [1.29, 1.82) is 0 Å². The van der Waals surface area contributed by atoms with E-state index < -0.39 is 18.6 Å². The Morgan fingerprint density at radius 1 is 1.12 bits per heavy atom. The maximum absolute atomic E-state index is 12.9. The zero-order valence-electron chi connectivity index (χ0n) is 18.8. The molecule has 5 rings (SSSR count). The molecule has 0 bridgehead atoms. The summed E-state index contributed by atoms with van der Waals surface area (Å²) in [7, 11) is 0. The van der Waals surface area contributed by atoms with E-state index in [1.807, 2.05) is 12.1 Å². The molecule has 1 spiro atoms. The number of anilines is 1. The van der Waals surface area contributed by atoms with Crippen LogP contribution in [-0.2, 0) is 13.1 Å². The number of carbonyl (C=O) groups excluding carboxylic acids is 1. The number of halogens is 3. The third-order valence-electron chi connectivity index (χ3n) is 6.76. The van der Waals surface area contributed by atoms with E-state index >= 15 is 0 Å². The second-order valence-corrected chi connectivity index (χ2v) is 9.47. The Morgan fingerprint density at radius 2 is 1.85 bits per heavy atom. The Balaban J connectivity index is 1.30. The average molecular weight is 474 g/mol. The fourth-order valence-electron chi connectivity index (χ4n) is 5.19. The van der Waals surface area contributed by atoms with E-state index in [2.05, 4.69) is 24.9 Å². The lowest BCUT2D eigenvalue weighted by Gasteiger charge is -2.25. The van der Waals surface area contributed by atoms with Crippen LogP contribution in [0.3, 0.4) is 0 Å². The number of carbonyl (C=O) groups is 1. The van der Waals surface area contributed by atoms with Crippen LogP contribution < -0.4 is 10.6 Å². The van der Waals surface area contributed by atoms with Gasteiger partial charge in [0.25, 0.3) is 0 Å². The van der Waals surface area contributed by atoms with Crippen molar-refractivity contribution in [2.45, 2.75) is 39.0 Å². The van der Waals surface area contributed by atoms with Crippen molar-refractivity contribution in [3.63, 3.8) is 0 Å². The monoisotopic (exact) mass is 473 g/mol. The van der Waals surface area contributed by atoms with E-state index in [9.17, 15) is 18.0 Å². The van der Waals surface area contributed by atoms with Gasteiger partial charge >= 0.3 is 6.18 Å². The molecule has 0 radical (unpaired) electrons.